The van der Waals surface area contributed by atoms with Crippen molar-refractivity contribution in [3.63, 3.8) is 0 Å². The predicted molar refractivity (Wildman–Crippen MR) is 127 cm³/mol. The highest BCUT2D eigenvalue weighted by atomic mass is 16.5. The zero-order valence-corrected chi connectivity index (χ0v) is 19.3. The Kier molecular flexibility index (Phi) is 7.47. The van der Waals surface area contributed by atoms with Crippen LogP contribution < -0.4 is 10.3 Å². The molecule has 2 heterocycles. The van der Waals surface area contributed by atoms with Crippen LogP contribution in [-0.4, -0.2) is 58.9 Å². The van der Waals surface area contributed by atoms with Crippen LogP contribution in [0.4, 0.5) is 0 Å². The topological polar surface area (TPSA) is 82.7 Å². The lowest BCUT2D eigenvalue weighted by molar-refractivity contribution is 0.0267. The van der Waals surface area contributed by atoms with Crippen LogP contribution in [0.2, 0.25) is 0 Å². The van der Waals surface area contributed by atoms with Gasteiger partial charge >= 0.3 is 0 Å². The van der Waals surface area contributed by atoms with Crippen LogP contribution in [0, 0.1) is 0 Å². The SMILES string of the molecule is CN1CCCCCCN(C(=O)c2cc[nH]c(=O)c2)[C@@H]2CCCC[C@@H]2Oc2ccccc2C1=O. The Labute approximate surface area is 194 Å². The van der Waals surface area contributed by atoms with Gasteiger partial charge in [0.2, 0.25) is 5.56 Å². The molecule has 2 aromatic rings. The summed E-state index contributed by atoms with van der Waals surface area (Å²) in [5.41, 5.74) is 0.686. The van der Waals surface area contributed by atoms with E-state index >= 15 is 0 Å². The van der Waals surface area contributed by atoms with Crippen LogP contribution >= 0.6 is 0 Å². The summed E-state index contributed by atoms with van der Waals surface area (Å²) in [5, 5.41) is 0. The molecule has 1 N–H and O–H groups in total. The molecule has 7 heteroatoms. The third kappa shape index (κ3) is 5.46. The number of rotatable bonds is 1. The molecule has 1 aromatic heterocycles. The summed E-state index contributed by atoms with van der Waals surface area (Å²) in [4.78, 5) is 44.8. The zero-order chi connectivity index (χ0) is 23.2. The van der Waals surface area contributed by atoms with E-state index in [2.05, 4.69) is 4.98 Å². The van der Waals surface area contributed by atoms with E-state index in [1.807, 2.05) is 36.2 Å². The molecule has 0 spiro atoms. The molecular weight excluding hydrogens is 418 g/mol. The van der Waals surface area contributed by atoms with Crippen molar-refractivity contribution in [2.45, 2.75) is 63.5 Å². The van der Waals surface area contributed by atoms with E-state index in [-0.39, 0.29) is 29.5 Å². The van der Waals surface area contributed by atoms with Crippen molar-refractivity contribution in [3.05, 3.63) is 64.1 Å². The summed E-state index contributed by atoms with van der Waals surface area (Å²) in [6.07, 6.45) is 8.80. The van der Waals surface area contributed by atoms with Crippen LogP contribution in [0.1, 0.15) is 72.1 Å². The van der Waals surface area contributed by atoms with Gasteiger partial charge in [0.1, 0.15) is 11.9 Å². The number of fused-ring (bicyclic) bond motifs is 2. The number of benzene rings is 1. The molecule has 1 aromatic carbocycles. The Morgan fingerprint density at radius 1 is 0.970 bits per heavy atom. The van der Waals surface area contributed by atoms with Crippen molar-refractivity contribution in [2.24, 2.45) is 0 Å². The van der Waals surface area contributed by atoms with Gasteiger partial charge in [-0.25, -0.2) is 0 Å². The number of aromatic amines is 1. The second kappa shape index (κ2) is 10.7. The fraction of sp³-hybridized carbons (Fsp3) is 0.500. The number of ether oxygens (including phenoxy) is 1. The Balaban J connectivity index is 1.68. The lowest BCUT2D eigenvalue weighted by Crippen LogP contribution is -2.51. The summed E-state index contributed by atoms with van der Waals surface area (Å²) in [6, 6.07) is 10.3. The number of hydrogen-bond donors (Lipinski definition) is 1. The molecule has 2 aliphatic rings. The van der Waals surface area contributed by atoms with Crippen molar-refractivity contribution in [3.8, 4) is 5.75 Å². The molecule has 1 aliphatic heterocycles. The molecule has 1 aliphatic carbocycles. The van der Waals surface area contributed by atoms with Gasteiger partial charge in [-0.05, 0) is 50.3 Å². The molecule has 4 rings (SSSR count). The van der Waals surface area contributed by atoms with Crippen molar-refractivity contribution in [2.75, 3.05) is 20.1 Å². The minimum absolute atomic E-state index is 0.0357. The first-order valence-electron chi connectivity index (χ1n) is 12.1. The van der Waals surface area contributed by atoms with Crippen LogP contribution in [0.25, 0.3) is 0 Å². The number of nitrogens with one attached hydrogen (secondary N) is 1. The average Bonchev–Trinajstić information content (AvgIpc) is 2.83. The van der Waals surface area contributed by atoms with Gasteiger partial charge in [0.15, 0.2) is 0 Å². The largest absolute Gasteiger partial charge is 0.487 e. The molecule has 2 amide bonds. The second-order valence-corrected chi connectivity index (χ2v) is 9.09. The summed E-state index contributed by atoms with van der Waals surface area (Å²) in [6.45, 7) is 1.32. The molecular formula is C26H33N3O4. The van der Waals surface area contributed by atoms with E-state index in [1.54, 1.807) is 11.0 Å². The number of H-pyrrole nitrogens is 1. The van der Waals surface area contributed by atoms with E-state index in [9.17, 15) is 14.4 Å². The monoisotopic (exact) mass is 451 g/mol. The van der Waals surface area contributed by atoms with Crippen molar-refractivity contribution in [1.82, 2.24) is 14.8 Å². The molecule has 1 fully saturated rings. The molecule has 176 valence electrons. The van der Waals surface area contributed by atoms with Crippen LogP contribution in [-0.2, 0) is 0 Å². The molecule has 0 radical (unpaired) electrons. The van der Waals surface area contributed by atoms with E-state index in [0.717, 1.165) is 51.4 Å². The maximum atomic E-state index is 13.5. The molecule has 33 heavy (non-hydrogen) atoms. The fourth-order valence-electron chi connectivity index (χ4n) is 4.93. The van der Waals surface area contributed by atoms with E-state index in [0.29, 0.717) is 30.0 Å². The van der Waals surface area contributed by atoms with Crippen LogP contribution in [0.5, 0.6) is 5.75 Å². The third-order valence-corrected chi connectivity index (χ3v) is 6.74. The van der Waals surface area contributed by atoms with Gasteiger partial charge in [0, 0.05) is 38.0 Å². The lowest BCUT2D eigenvalue weighted by Gasteiger charge is -2.40. The summed E-state index contributed by atoms with van der Waals surface area (Å²) >= 11 is 0. The Morgan fingerprint density at radius 3 is 2.55 bits per heavy atom. The smallest absolute Gasteiger partial charge is 0.257 e. The lowest BCUT2D eigenvalue weighted by atomic mass is 9.90. The van der Waals surface area contributed by atoms with Crippen molar-refractivity contribution < 1.29 is 14.3 Å². The zero-order valence-electron chi connectivity index (χ0n) is 19.3. The second-order valence-electron chi connectivity index (χ2n) is 9.09. The standard InChI is InChI=1S/C26H33N3O4/c1-28-16-8-2-3-9-17-29(25(31)19-14-15-27-24(30)18-19)21-11-5-7-13-23(21)33-22-12-6-4-10-20(22)26(28)32/h4,6,10,12,14-15,18,21,23H,2-3,5,7-9,11,13,16-17H2,1H3,(H,27,30)/t21-,23+/m1/s1. The maximum absolute atomic E-state index is 13.5. The summed E-state index contributed by atoms with van der Waals surface area (Å²) < 4.78 is 6.49. The highest BCUT2D eigenvalue weighted by molar-refractivity contribution is 5.97. The van der Waals surface area contributed by atoms with Gasteiger partial charge in [0.05, 0.1) is 11.6 Å². The minimum Gasteiger partial charge on any atom is -0.487 e. The normalized spacial score (nSPS) is 22.5. The summed E-state index contributed by atoms with van der Waals surface area (Å²) in [5.74, 6) is 0.413. The molecule has 1 saturated carbocycles. The maximum Gasteiger partial charge on any atom is 0.257 e. The summed E-state index contributed by atoms with van der Waals surface area (Å²) in [7, 11) is 1.84. The van der Waals surface area contributed by atoms with Gasteiger partial charge in [-0.1, -0.05) is 31.4 Å². The third-order valence-electron chi connectivity index (χ3n) is 6.74. The minimum atomic E-state index is -0.282. The van der Waals surface area contributed by atoms with Crippen LogP contribution in [0.3, 0.4) is 0 Å². The number of carbonyl (C=O) groups is 2. The highest BCUT2D eigenvalue weighted by Gasteiger charge is 2.35. The predicted octanol–water partition coefficient (Wildman–Crippen LogP) is 3.85. The van der Waals surface area contributed by atoms with Gasteiger partial charge in [-0.15, -0.1) is 0 Å². The number of amides is 2. The number of carbonyl (C=O) groups excluding carboxylic acids is 2. The first-order valence-corrected chi connectivity index (χ1v) is 12.1. The number of aromatic nitrogens is 1. The molecule has 0 bridgehead atoms. The van der Waals surface area contributed by atoms with Gasteiger partial charge in [0.25, 0.3) is 11.8 Å². The molecule has 0 saturated heterocycles. The number of para-hydroxylation sites is 1. The van der Waals surface area contributed by atoms with Crippen molar-refractivity contribution in [1.29, 1.82) is 0 Å². The average molecular weight is 452 g/mol. The Hall–Kier alpha value is -3.09. The fourth-order valence-corrected chi connectivity index (χ4v) is 4.93. The van der Waals surface area contributed by atoms with E-state index < -0.39 is 0 Å². The number of hydrogen-bond acceptors (Lipinski definition) is 4. The highest BCUT2D eigenvalue weighted by Crippen LogP contribution is 2.31. The van der Waals surface area contributed by atoms with E-state index in [1.165, 1.54) is 12.3 Å². The number of pyridine rings is 1. The van der Waals surface area contributed by atoms with Crippen molar-refractivity contribution >= 4 is 11.8 Å². The van der Waals surface area contributed by atoms with E-state index in [4.69, 9.17) is 4.74 Å². The van der Waals surface area contributed by atoms with Gasteiger partial charge < -0.3 is 19.5 Å². The molecule has 0 unspecified atom stereocenters. The molecule has 2 atom stereocenters. The first kappa shape index (κ1) is 23.1. The molecule has 7 nitrogen and oxygen atoms in total. The first-order chi connectivity index (χ1) is 16.0. The van der Waals surface area contributed by atoms with Crippen LogP contribution in [0.15, 0.2) is 47.4 Å². The van der Waals surface area contributed by atoms with Gasteiger partial charge in [-0.2, -0.15) is 0 Å². The number of nitrogens with zero attached hydrogens (tertiary/aromatic N) is 2. The Morgan fingerprint density at radius 2 is 1.73 bits per heavy atom. The van der Waals surface area contributed by atoms with Gasteiger partial charge in [-0.3, -0.25) is 14.4 Å². The Bertz CT molecular complexity index is 1030. The quantitative estimate of drug-likeness (QED) is 0.714.